The van der Waals surface area contributed by atoms with Crippen molar-refractivity contribution in [1.82, 2.24) is 5.32 Å². The number of carbonyl (C=O) groups excluding carboxylic acids is 2. The first-order chi connectivity index (χ1) is 11.5. The fourth-order valence-electron chi connectivity index (χ4n) is 2.42. The van der Waals surface area contributed by atoms with Crippen LogP contribution < -0.4 is 10.2 Å². The minimum atomic E-state index is -0.553. The molecule has 2 amide bonds. The zero-order chi connectivity index (χ0) is 17.1. The number of rotatable bonds is 4. The topological polar surface area (TPSA) is 58.6 Å². The van der Waals surface area contributed by atoms with E-state index in [4.69, 9.17) is 4.74 Å². The Bertz CT molecular complexity index is 784. The standard InChI is InChI=1S/C17H14BrFN2O3/c18-12-4-1-3-11(7-12)16(22)20-9-15-10-21(17(23)24-15)14-6-2-5-13(19)8-14/h1-8,15H,9-10H2,(H,20,22). The number of nitrogens with zero attached hydrogens (tertiary/aromatic N) is 1. The van der Waals surface area contributed by atoms with Gasteiger partial charge in [0.1, 0.15) is 11.9 Å². The Morgan fingerprint density at radius 1 is 1.29 bits per heavy atom. The van der Waals surface area contributed by atoms with Gasteiger partial charge >= 0.3 is 6.09 Å². The number of halogens is 2. The van der Waals surface area contributed by atoms with E-state index in [-0.39, 0.29) is 19.0 Å². The SMILES string of the molecule is O=C(NCC1CN(c2cccc(F)c2)C(=O)O1)c1cccc(Br)c1. The zero-order valence-electron chi connectivity index (χ0n) is 12.5. The summed E-state index contributed by atoms with van der Waals surface area (Å²) >= 11 is 3.31. The van der Waals surface area contributed by atoms with Crippen LogP contribution in [0.15, 0.2) is 53.0 Å². The molecule has 1 aliphatic heterocycles. The van der Waals surface area contributed by atoms with Crippen LogP contribution in [0.1, 0.15) is 10.4 Å². The molecule has 5 nitrogen and oxygen atoms in total. The lowest BCUT2D eigenvalue weighted by Gasteiger charge is -2.13. The van der Waals surface area contributed by atoms with Gasteiger partial charge in [-0.15, -0.1) is 0 Å². The van der Waals surface area contributed by atoms with Crippen LogP contribution in [0.5, 0.6) is 0 Å². The summed E-state index contributed by atoms with van der Waals surface area (Å²) in [5.74, 6) is -0.678. The average molecular weight is 393 g/mol. The van der Waals surface area contributed by atoms with Crippen molar-refractivity contribution in [2.75, 3.05) is 18.0 Å². The first kappa shape index (κ1) is 16.4. The maximum atomic E-state index is 13.3. The number of cyclic esters (lactones) is 1. The highest BCUT2D eigenvalue weighted by molar-refractivity contribution is 9.10. The Morgan fingerprint density at radius 3 is 2.83 bits per heavy atom. The van der Waals surface area contributed by atoms with Gasteiger partial charge in [-0.25, -0.2) is 9.18 Å². The van der Waals surface area contributed by atoms with Gasteiger partial charge in [-0.3, -0.25) is 9.69 Å². The van der Waals surface area contributed by atoms with Gasteiger partial charge in [0.25, 0.3) is 5.91 Å². The van der Waals surface area contributed by atoms with E-state index in [1.807, 2.05) is 6.07 Å². The lowest BCUT2D eigenvalue weighted by molar-refractivity contribution is 0.0916. The third-order valence-corrected chi connectivity index (χ3v) is 4.06. The van der Waals surface area contributed by atoms with Gasteiger partial charge in [-0.05, 0) is 36.4 Å². The van der Waals surface area contributed by atoms with Crippen molar-refractivity contribution in [2.45, 2.75) is 6.10 Å². The van der Waals surface area contributed by atoms with Gasteiger partial charge < -0.3 is 10.1 Å². The number of hydrogen-bond donors (Lipinski definition) is 1. The fourth-order valence-corrected chi connectivity index (χ4v) is 2.82. The van der Waals surface area contributed by atoms with Crippen LogP contribution in [0.4, 0.5) is 14.9 Å². The zero-order valence-corrected chi connectivity index (χ0v) is 14.1. The van der Waals surface area contributed by atoms with Crippen molar-refractivity contribution in [3.8, 4) is 0 Å². The molecule has 1 atom stereocenters. The third-order valence-electron chi connectivity index (χ3n) is 3.57. The van der Waals surface area contributed by atoms with Crippen molar-refractivity contribution < 1.29 is 18.7 Å². The van der Waals surface area contributed by atoms with E-state index in [1.54, 1.807) is 24.3 Å². The molecule has 7 heteroatoms. The molecule has 1 saturated heterocycles. The molecule has 1 heterocycles. The van der Waals surface area contributed by atoms with E-state index in [2.05, 4.69) is 21.2 Å². The van der Waals surface area contributed by atoms with Crippen molar-refractivity contribution in [3.63, 3.8) is 0 Å². The van der Waals surface area contributed by atoms with Gasteiger partial charge in [-0.1, -0.05) is 28.1 Å². The summed E-state index contributed by atoms with van der Waals surface area (Å²) in [4.78, 5) is 25.4. The maximum Gasteiger partial charge on any atom is 0.414 e. The van der Waals surface area contributed by atoms with Crippen LogP contribution in [0.3, 0.4) is 0 Å². The Balaban J connectivity index is 1.59. The Labute approximate surface area is 146 Å². The average Bonchev–Trinajstić information content (AvgIpc) is 2.93. The molecule has 2 aromatic rings. The molecule has 0 saturated carbocycles. The maximum absolute atomic E-state index is 13.3. The Kier molecular flexibility index (Phi) is 4.80. The number of benzene rings is 2. The van der Waals surface area contributed by atoms with Gasteiger partial charge in [0.2, 0.25) is 0 Å². The molecule has 0 aromatic heterocycles. The van der Waals surface area contributed by atoms with E-state index in [1.165, 1.54) is 23.1 Å². The smallest absolute Gasteiger partial charge is 0.414 e. The van der Waals surface area contributed by atoms with Crippen LogP contribution in [0.25, 0.3) is 0 Å². The summed E-state index contributed by atoms with van der Waals surface area (Å²) < 4.78 is 19.3. The van der Waals surface area contributed by atoms with E-state index in [0.717, 1.165) is 4.47 Å². The normalized spacial score (nSPS) is 16.8. The van der Waals surface area contributed by atoms with Crippen LogP contribution in [0, 0.1) is 5.82 Å². The molecule has 24 heavy (non-hydrogen) atoms. The molecule has 1 aliphatic rings. The first-order valence-corrected chi connectivity index (χ1v) is 8.10. The quantitative estimate of drug-likeness (QED) is 0.867. The first-order valence-electron chi connectivity index (χ1n) is 7.30. The summed E-state index contributed by atoms with van der Waals surface area (Å²) in [5, 5.41) is 2.73. The van der Waals surface area contributed by atoms with Gasteiger partial charge in [0.15, 0.2) is 0 Å². The summed E-state index contributed by atoms with van der Waals surface area (Å²) in [6.45, 7) is 0.434. The van der Waals surface area contributed by atoms with Gasteiger partial charge in [0.05, 0.1) is 18.8 Å². The molecule has 0 spiro atoms. The molecule has 0 radical (unpaired) electrons. The van der Waals surface area contributed by atoms with E-state index < -0.39 is 18.0 Å². The molecule has 1 fully saturated rings. The van der Waals surface area contributed by atoms with E-state index in [9.17, 15) is 14.0 Å². The van der Waals surface area contributed by atoms with E-state index >= 15 is 0 Å². The minimum Gasteiger partial charge on any atom is -0.442 e. The molecular formula is C17H14BrFN2O3. The summed E-state index contributed by atoms with van der Waals surface area (Å²) in [5.41, 5.74) is 0.941. The molecule has 0 aliphatic carbocycles. The second-order valence-corrected chi connectivity index (χ2v) is 6.23. The van der Waals surface area contributed by atoms with Crippen LogP contribution in [-0.2, 0) is 4.74 Å². The number of nitrogens with one attached hydrogen (secondary N) is 1. The number of carbonyl (C=O) groups is 2. The van der Waals surface area contributed by atoms with Crippen molar-refractivity contribution in [3.05, 3.63) is 64.4 Å². The van der Waals surface area contributed by atoms with Gasteiger partial charge in [-0.2, -0.15) is 0 Å². The monoisotopic (exact) mass is 392 g/mol. The highest BCUT2D eigenvalue weighted by Gasteiger charge is 2.32. The van der Waals surface area contributed by atoms with E-state index in [0.29, 0.717) is 11.3 Å². The van der Waals surface area contributed by atoms with Crippen LogP contribution in [0.2, 0.25) is 0 Å². The number of ether oxygens (including phenoxy) is 1. The summed E-state index contributed by atoms with van der Waals surface area (Å²) in [6.07, 6.45) is -1.04. The van der Waals surface area contributed by atoms with Gasteiger partial charge in [0, 0.05) is 10.0 Å². The highest BCUT2D eigenvalue weighted by atomic mass is 79.9. The van der Waals surface area contributed by atoms with Crippen LogP contribution >= 0.6 is 15.9 Å². The molecule has 3 rings (SSSR count). The van der Waals surface area contributed by atoms with Crippen molar-refractivity contribution >= 4 is 33.6 Å². The third kappa shape index (κ3) is 3.73. The Morgan fingerprint density at radius 2 is 2.08 bits per heavy atom. The summed E-state index contributed by atoms with van der Waals surface area (Å²) in [6, 6.07) is 12.7. The largest absolute Gasteiger partial charge is 0.442 e. The molecule has 1 unspecified atom stereocenters. The molecule has 124 valence electrons. The molecular weight excluding hydrogens is 379 g/mol. The predicted octanol–water partition coefficient (Wildman–Crippen LogP) is 3.34. The molecule has 2 aromatic carbocycles. The Hall–Kier alpha value is -2.41. The van der Waals surface area contributed by atoms with Crippen molar-refractivity contribution in [2.24, 2.45) is 0 Å². The molecule has 0 bridgehead atoms. The number of amides is 2. The number of hydrogen-bond acceptors (Lipinski definition) is 3. The highest BCUT2D eigenvalue weighted by Crippen LogP contribution is 2.22. The lowest BCUT2D eigenvalue weighted by atomic mass is 10.2. The van der Waals surface area contributed by atoms with Crippen LogP contribution in [-0.4, -0.2) is 31.2 Å². The number of anilines is 1. The second kappa shape index (κ2) is 7.00. The minimum absolute atomic E-state index is 0.183. The predicted molar refractivity (Wildman–Crippen MR) is 90.5 cm³/mol. The molecule has 1 N–H and O–H groups in total. The van der Waals surface area contributed by atoms with Crippen molar-refractivity contribution in [1.29, 1.82) is 0 Å². The lowest BCUT2D eigenvalue weighted by Crippen LogP contribution is -2.34. The fraction of sp³-hybridized carbons (Fsp3) is 0.176. The summed E-state index contributed by atoms with van der Waals surface area (Å²) in [7, 11) is 0. The second-order valence-electron chi connectivity index (χ2n) is 5.32.